The summed E-state index contributed by atoms with van der Waals surface area (Å²) in [4.78, 5) is 28.3. The fourth-order valence-electron chi connectivity index (χ4n) is 4.19. The second-order valence-corrected chi connectivity index (χ2v) is 12.7. The number of benzene rings is 2. The quantitative estimate of drug-likeness (QED) is 0.394. The van der Waals surface area contributed by atoms with Crippen molar-refractivity contribution in [2.24, 2.45) is 0 Å². The van der Waals surface area contributed by atoms with Gasteiger partial charge >= 0.3 is 0 Å². The first-order chi connectivity index (χ1) is 17.7. The van der Waals surface area contributed by atoms with Gasteiger partial charge in [-0.1, -0.05) is 36.7 Å². The summed E-state index contributed by atoms with van der Waals surface area (Å²) in [6.45, 7) is 9.62. The number of carbonyl (C=O) groups excluding carboxylic acids is 2. The zero-order valence-corrected chi connectivity index (χ0v) is 24.9. The normalized spacial score (nSPS) is 12.5. The van der Waals surface area contributed by atoms with Gasteiger partial charge in [-0.2, -0.15) is 0 Å². The van der Waals surface area contributed by atoms with Crippen molar-refractivity contribution in [3.8, 4) is 5.75 Å². The number of hydrogen-bond donors (Lipinski definition) is 1. The van der Waals surface area contributed by atoms with Crippen molar-refractivity contribution in [1.29, 1.82) is 0 Å². The molecule has 0 aromatic heterocycles. The van der Waals surface area contributed by atoms with Crippen LogP contribution in [0.1, 0.15) is 58.1 Å². The number of anilines is 1. The molecule has 0 saturated heterocycles. The van der Waals surface area contributed by atoms with E-state index < -0.39 is 21.6 Å². The molecule has 0 aliphatic heterocycles. The number of amides is 2. The number of halogens is 1. The zero-order valence-electron chi connectivity index (χ0n) is 23.4. The van der Waals surface area contributed by atoms with E-state index in [1.807, 2.05) is 52.0 Å². The Labute approximate surface area is 232 Å². The fourth-order valence-corrected chi connectivity index (χ4v) is 5.37. The molecule has 0 heterocycles. The maximum absolute atomic E-state index is 13.6. The van der Waals surface area contributed by atoms with Crippen LogP contribution in [0.5, 0.6) is 5.75 Å². The summed E-state index contributed by atoms with van der Waals surface area (Å²) in [5.41, 5.74) is 1.50. The molecule has 0 fully saturated rings. The number of hydrogen-bond acceptors (Lipinski definition) is 5. The van der Waals surface area contributed by atoms with Gasteiger partial charge in [0.15, 0.2) is 0 Å². The zero-order chi connectivity index (χ0) is 28.7. The van der Waals surface area contributed by atoms with E-state index in [2.05, 4.69) is 5.32 Å². The molecule has 10 heteroatoms. The Morgan fingerprint density at radius 1 is 1.13 bits per heavy atom. The highest BCUT2D eigenvalue weighted by Crippen LogP contribution is 2.28. The van der Waals surface area contributed by atoms with Crippen LogP contribution in [0, 0.1) is 6.92 Å². The lowest BCUT2D eigenvalue weighted by molar-refractivity contribution is -0.142. The van der Waals surface area contributed by atoms with E-state index in [0.29, 0.717) is 28.4 Å². The Balaban J connectivity index is 2.29. The van der Waals surface area contributed by atoms with Gasteiger partial charge in [0, 0.05) is 30.1 Å². The number of methoxy groups -OCH3 is 1. The van der Waals surface area contributed by atoms with Crippen molar-refractivity contribution in [2.75, 3.05) is 24.2 Å². The van der Waals surface area contributed by atoms with Crippen LogP contribution in [-0.2, 0) is 26.2 Å². The summed E-state index contributed by atoms with van der Waals surface area (Å²) in [5.74, 6) is 0.186. The molecular weight excluding hydrogens is 526 g/mol. The van der Waals surface area contributed by atoms with Gasteiger partial charge in [-0.25, -0.2) is 8.42 Å². The molecule has 0 aliphatic carbocycles. The average molecular weight is 566 g/mol. The summed E-state index contributed by atoms with van der Waals surface area (Å²) in [7, 11) is -2.04. The number of nitrogens with zero attached hydrogens (tertiary/aromatic N) is 2. The average Bonchev–Trinajstić information content (AvgIpc) is 2.82. The van der Waals surface area contributed by atoms with Crippen molar-refractivity contribution in [2.45, 2.75) is 72.0 Å². The van der Waals surface area contributed by atoms with Gasteiger partial charge in [0.1, 0.15) is 11.8 Å². The van der Waals surface area contributed by atoms with E-state index in [9.17, 15) is 18.0 Å². The van der Waals surface area contributed by atoms with E-state index in [4.69, 9.17) is 16.3 Å². The summed E-state index contributed by atoms with van der Waals surface area (Å²) >= 11 is 6.23. The maximum Gasteiger partial charge on any atom is 0.243 e. The second kappa shape index (κ2) is 13.3. The highest BCUT2D eigenvalue weighted by Gasteiger charge is 2.31. The van der Waals surface area contributed by atoms with Gasteiger partial charge in [-0.15, -0.1) is 0 Å². The van der Waals surface area contributed by atoms with Gasteiger partial charge < -0.3 is 15.0 Å². The smallest absolute Gasteiger partial charge is 0.243 e. The van der Waals surface area contributed by atoms with Crippen LogP contribution in [0.4, 0.5) is 5.69 Å². The first-order valence-corrected chi connectivity index (χ1v) is 14.9. The van der Waals surface area contributed by atoms with E-state index >= 15 is 0 Å². The molecule has 38 heavy (non-hydrogen) atoms. The molecule has 1 N–H and O–H groups in total. The third-order valence-electron chi connectivity index (χ3n) is 6.03. The summed E-state index contributed by atoms with van der Waals surface area (Å²) < 4.78 is 31.8. The van der Waals surface area contributed by atoms with Crippen LogP contribution < -0.4 is 14.4 Å². The van der Waals surface area contributed by atoms with Gasteiger partial charge in [-0.3, -0.25) is 13.9 Å². The van der Waals surface area contributed by atoms with Crippen LogP contribution >= 0.6 is 11.6 Å². The number of sulfonamides is 1. The molecule has 0 unspecified atom stereocenters. The Kier molecular flexibility index (Phi) is 11.0. The Morgan fingerprint density at radius 2 is 1.79 bits per heavy atom. The van der Waals surface area contributed by atoms with E-state index in [1.165, 1.54) is 4.31 Å². The predicted molar refractivity (Wildman–Crippen MR) is 153 cm³/mol. The molecule has 2 aromatic rings. The molecule has 2 rings (SSSR count). The summed E-state index contributed by atoms with van der Waals surface area (Å²) in [6.07, 6.45) is 1.89. The molecule has 1 atom stereocenters. The summed E-state index contributed by atoms with van der Waals surface area (Å²) in [5, 5.41) is 3.45. The SMILES string of the molecule is CC[C@@H](C(=O)NC(C)(C)C)N(Cc1cccc(OC)c1)C(=O)CCCN(c1cccc(Cl)c1C)S(C)(=O)=O. The lowest BCUT2D eigenvalue weighted by Crippen LogP contribution is -2.53. The van der Waals surface area contributed by atoms with Gasteiger partial charge in [0.05, 0.1) is 19.1 Å². The van der Waals surface area contributed by atoms with Crippen molar-refractivity contribution < 1.29 is 22.7 Å². The first kappa shape index (κ1) is 31.4. The van der Waals surface area contributed by atoms with Gasteiger partial charge in [-0.05, 0) is 75.9 Å². The predicted octanol–water partition coefficient (Wildman–Crippen LogP) is 4.93. The molecule has 0 bridgehead atoms. The van der Waals surface area contributed by atoms with E-state index in [0.717, 1.165) is 11.8 Å². The van der Waals surface area contributed by atoms with E-state index in [1.54, 1.807) is 37.1 Å². The lowest BCUT2D eigenvalue weighted by Gasteiger charge is -2.33. The van der Waals surface area contributed by atoms with Crippen LogP contribution in [0.3, 0.4) is 0 Å². The maximum atomic E-state index is 13.6. The molecule has 0 aliphatic rings. The molecule has 210 valence electrons. The number of nitrogens with one attached hydrogen (secondary N) is 1. The minimum atomic E-state index is -3.61. The Bertz CT molecular complexity index is 1230. The molecule has 8 nitrogen and oxygen atoms in total. The van der Waals surface area contributed by atoms with Gasteiger partial charge in [0.25, 0.3) is 0 Å². The topological polar surface area (TPSA) is 96.0 Å². The molecular formula is C28H40ClN3O5S. The van der Waals surface area contributed by atoms with Crippen LogP contribution in [0.15, 0.2) is 42.5 Å². The second-order valence-electron chi connectivity index (χ2n) is 10.4. The third-order valence-corrected chi connectivity index (χ3v) is 7.62. The van der Waals surface area contributed by atoms with Gasteiger partial charge in [0.2, 0.25) is 21.8 Å². The molecule has 2 aromatic carbocycles. The molecule has 0 radical (unpaired) electrons. The largest absolute Gasteiger partial charge is 0.497 e. The van der Waals surface area contributed by atoms with Crippen molar-refractivity contribution in [3.05, 3.63) is 58.6 Å². The Hall–Kier alpha value is -2.78. The van der Waals surface area contributed by atoms with E-state index in [-0.39, 0.29) is 37.7 Å². The monoisotopic (exact) mass is 565 g/mol. The third kappa shape index (κ3) is 8.91. The van der Waals surface area contributed by atoms with Crippen LogP contribution in [-0.4, -0.2) is 56.6 Å². The molecule has 0 saturated carbocycles. The minimum absolute atomic E-state index is 0.0644. The lowest BCUT2D eigenvalue weighted by atomic mass is 10.0. The fraction of sp³-hybridized carbons (Fsp3) is 0.500. The highest BCUT2D eigenvalue weighted by atomic mass is 35.5. The molecule has 0 spiro atoms. The number of rotatable bonds is 12. The van der Waals surface area contributed by atoms with Crippen LogP contribution in [0.25, 0.3) is 0 Å². The van der Waals surface area contributed by atoms with Crippen molar-refractivity contribution in [1.82, 2.24) is 10.2 Å². The van der Waals surface area contributed by atoms with Crippen molar-refractivity contribution >= 4 is 39.1 Å². The minimum Gasteiger partial charge on any atom is -0.497 e. The number of ether oxygens (including phenoxy) is 1. The van der Waals surface area contributed by atoms with Crippen molar-refractivity contribution in [3.63, 3.8) is 0 Å². The Morgan fingerprint density at radius 3 is 2.37 bits per heavy atom. The van der Waals surface area contributed by atoms with Crippen LogP contribution in [0.2, 0.25) is 5.02 Å². The molecule has 2 amide bonds. The standard InChI is InChI=1S/C28H40ClN3O5S/c1-8-24(27(34)30-28(3,4)5)31(19-21-12-9-13-22(18-21)37-6)26(33)16-11-17-32(38(7,35)36)25-15-10-14-23(29)20(25)2/h9-10,12-15,18,24H,8,11,16-17,19H2,1-7H3,(H,30,34)/t24-/m0/s1. The summed E-state index contributed by atoms with van der Waals surface area (Å²) in [6, 6.07) is 11.8. The highest BCUT2D eigenvalue weighted by molar-refractivity contribution is 7.92. The number of carbonyl (C=O) groups is 2. The first-order valence-electron chi connectivity index (χ1n) is 12.6.